The smallest absolute Gasteiger partial charge is 0.407 e. The minimum Gasteiger partial charge on any atom is -0.446 e. The molecule has 1 aromatic rings. The molecule has 0 saturated carbocycles. The summed E-state index contributed by atoms with van der Waals surface area (Å²) in [6, 6.07) is 4.85. The summed E-state index contributed by atoms with van der Waals surface area (Å²) in [4.78, 5) is 36.0. The number of ether oxygens (including phenoxy) is 2. The Morgan fingerprint density at radius 2 is 2.10 bits per heavy atom. The molecule has 1 fully saturated rings. The van der Waals surface area contributed by atoms with Crippen molar-refractivity contribution in [3.8, 4) is 0 Å². The predicted octanol–water partition coefficient (Wildman–Crippen LogP) is 2.15. The highest BCUT2D eigenvalue weighted by Gasteiger charge is 2.30. The molecule has 2 unspecified atom stereocenters. The lowest BCUT2D eigenvalue weighted by atomic mass is 10.1. The summed E-state index contributed by atoms with van der Waals surface area (Å²) in [5.41, 5.74) is 0.331. The first-order valence-electron chi connectivity index (χ1n) is 9.83. The predicted molar refractivity (Wildman–Crippen MR) is 116 cm³/mol. The van der Waals surface area contributed by atoms with Gasteiger partial charge in [0.25, 0.3) is 6.47 Å². The number of rotatable bonds is 9. The maximum absolute atomic E-state index is 13.3. The molecule has 1 N–H and O–H groups in total. The highest BCUT2D eigenvalue weighted by Crippen LogP contribution is 2.24. The molecule has 170 valence electrons. The van der Waals surface area contributed by atoms with Gasteiger partial charge in [-0.1, -0.05) is 12.1 Å². The van der Waals surface area contributed by atoms with E-state index < -0.39 is 22.7 Å². The summed E-state index contributed by atoms with van der Waals surface area (Å²) < 4.78 is 25.0. The fourth-order valence-electron chi connectivity index (χ4n) is 3.00. The number of aldehydes is 1. The molecule has 1 aliphatic heterocycles. The molecule has 9 nitrogen and oxygen atoms in total. The van der Waals surface area contributed by atoms with Crippen molar-refractivity contribution in [1.82, 2.24) is 14.5 Å². The summed E-state index contributed by atoms with van der Waals surface area (Å²) in [6.07, 6.45) is 4.15. The topological polar surface area (TPSA) is 105 Å². The second-order valence-electron chi connectivity index (χ2n) is 8.11. The molecular weight excluding hydrogens is 422 g/mol. The van der Waals surface area contributed by atoms with E-state index in [9.17, 15) is 18.6 Å². The van der Waals surface area contributed by atoms with Crippen LogP contribution in [0.15, 0.2) is 29.3 Å². The van der Waals surface area contributed by atoms with Gasteiger partial charge in [0.1, 0.15) is 16.6 Å². The molecule has 2 rings (SSSR count). The van der Waals surface area contributed by atoms with E-state index >= 15 is 0 Å². The first-order valence-corrected chi connectivity index (χ1v) is 10.9. The number of alkyl carbamates (subject to hydrolysis) is 1. The van der Waals surface area contributed by atoms with Crippen LogP contribution in [0.2, 0.25) is 0 Å². The number of hydrogen-bond acceptors (Lipinski definition) is 7. The fourth-order valence-corrected chi connectivity index (χ4v) is 4.43. The van der Waals surface area contributed by atoms with E-state index in [0.717, 1.165) is 0 Å². The second kappa shape index (κ2) is 11.1. The molecule has 31 heavy (non-hydrogen) atoms. The Kier molecular flexibility index (Phi) is 8.76. The van der Waals surface area contributed by atoms with Crippen LogP contribution in [0.1, 0.15) is 43.1 Å². The van der Waals surface area contributed by atoms with Crippen LogP contribution in [0.5, 0.6) is 0 Å². The molecule has 0 radical (unpaired) electrons. The quantitative estimate of drug-likeness (QED) is 0.453. The molecule has 0 bridgehead atoms. The van der Waals surface area contributed by atoms with E-state index in [2.05, 4.69) is 10.1 Å². The van der Waals surface area contributed by atoms with Crippen molar-refractivity contribution in [2.45, 2.75) is 43.7 Å². The van der Waals surface area contributed by atoms with E-state index in [1.807, 2.05) is 0 Å². The maximum atomic E-state index is 13.3. The largest absolute Gasteiger partial charge is 0.446 e. The van der Waals surface area contributed by atoms with Crippen LogP contribution < -0.4 is 5.32 Å². The number of nitrogens with one attached hydrogen (secondary N) is 1. The number of carbonyl (C=O) groups is 3. The molecule has 0 aliphatic carbocycles. The van der Waals surface area contributed by atoms with Crippen molar-refractivity contribution >= 4 is 35.9 Å². The van der Waals surface area contributed by atoms with Gasteiger partial charge < -0.3 is 19.7 Å². The standard InChI is InChI=1S/C21H29N3O6S/c1-21(2,3)30-20(27)22-17-8-11-24(12-17)31(28)19-7-5-6-16(13-25)18(19)9-10-23(4)14-29-15-26/h5-7,9-10,13,15,17H,8,11-12,14H2,1-4H3,(H,22,27)/b10-9-. The van der Waals surface area contributed by atoms with Gasteiger partial charge in [-0.25, -0.2) is 13.3 Å². The molecular formula is C21H29N3O6S. The summed E-state index contributed by atoms with van der Waals surface area (Å²) in [6.45, 7) is 6.69. The Morgan fingerprint density at radius 1 is 1.35 bits per heavy atom. The molecule has 1 amide bonds. The van der Waals surface area contributed by atoms with Crippen molar-refractivity contribution in [2.24, 2.45) is 0 Å². The van der Waals surface area contributed by atoms with Gasteiger partial charge in [0.05, 0.1) is 4.90 Å². The van der Waals surface area contributed by atoms with Crippen molar-refractivity contribution < 1.29 is 28.1 Å². The molecule has 1 aliphatic rings. The van der Waals surface area contributed by atoms with Gasteiger partial charge in [-0.15, -0.1) is 0 Å². The Balaban J connectivity index is 2.13. The summed E-state index contributed by atoms with van der Waals surface area (Å²) in [7, 11) is 0.170. The lowest BCUT2D eigenvalue weighted by Crippen LogP contribution is -2.40. The van der Waals surface area contributed by atoms with Crippen LogP contribution in [0, 0.1) is 0 Å². The molecule has 10 heteroatoms. The zero-order valence-electron chi connectivity index (χ0n) is 18.2. The van der Waals surface area contributed by atoms with Crippen molar-refractivity contribution in [3.05, 3.63) is 35.5 Å². The zero-order valence-corrected chi connectivity index (χ0v) is 19.0. The third-order valence-electron chi connectivity index (χ3n) is 4.36. The third-order valence-corrected chi connectivity index (χ3v) is 5.90. The normalized spacial score (nSPS) is 17.9. The summed E-state index contributed by atoms with van der Waals surface area (Å²) in [5, 5.41) is 2.81. The van der Waals surface area contributed by atoms with E-state index in [1.165, 1.54) is 0 Å². The summed E-state index contributed by atoms with van der Waals surface area (Å²) >= 11 is 0. The van der Waals surface area contributed by atoms with E-state index in [-0.39, 0.29) is 12.8 Å². The molecule has 1 heterocycles. The Hall–Kier alpha value is -2.72. The summed E-state index contributed by atoms with van der Waals surface area (Å²) in [5.74, 6) is 0. The SMILES string of the molecule is CN(/C=C\c1c(C=O)cccc1S(=O)N1CCC(NC(=O)OC(C)(C)C)C1)COC=O. The average Bonchev–Trinajstić information content (AvgIpc) is 3.16. The maximum Gasteiger partial charge on any atom is 0.407 e. The van der Waals surface area contributed by atoms with Crippen LogP contribution in [0.25, 0.3) is 6.08 Å². The van der Waals surface area contributed by atoms with E-state index in [4.69, 9.17) is 4.74 Å². The minimum absolute atomic E-state index is 0.0474. The van der Waals surface area contributed by atoms with Gasteiger partial charge in [-0.2, -0.15) is 0 Å². The highest BCUT2D eigenvalue weighted by molar-refractivity contribution is 7.82. The Morgan fingerprint density at radius 3 is 2.74 bits per heavy atom. The average molecular weight is 452 g/mol. The fraction of sp³-hybridized carbons (Fsp3) is 0.476. The van der Waals surface area contributed by atoms with Crippen molar-refractivity contribution in [1.29, 1.82) is 0 Å². The Bertz CT molecular complexity index is 852. The monoisotopic (exact) mass is 451 g/mol. The van der Waals surface area contributed by atoms with Crippen molar-refractivity contribution in [2.75, 3.05) is 26.9 Å². The lowest BCUT2D eigenvalue weighted by Gasteiger charge is -2.22. The van der Waals surface area contributed by atoms with Gasteiger partial charge >= 0.3 is 6.09 Å². The second-order valence-corrected chi connectivity index (χ2v) is 9.57. The third kappa shape index (κ3) is 7.48. The van der Waals surface area contributed by atoms with Gasteiger partial charge in [0.2, 0.25) is 0 Å². The number of carbonyl (C=O) groups excluding carboxylic acids is 3. The molecule has 0 aromatic heterocycles. The van der Waals surface area contributed by atoms with Crippen LogP contribution in [0.3, 0.4) is 0 Å². The molecule has 1 aromatic carbocycles. The van der Waals surface area contributed by atoms with Crippen molar-refractivity contribution in [3.63, 3.8) is 0 Å². The van der Waals surface area contributed by atoms with Gasteiger partial charge in [-0.05, 0) is 39.3 Å². The highest BCUT2D eigenvalue weighted by atomic mass is 32.2. The molecule has 0 spiro atoms. The van der Waals surface area contributed by atoms with E-state index in [1.54, 1.807) is 67.5 Å². The van der Waals surface area contributed by atoms with Gasteiger partial charge in [-0.3, -0.25) is 9.59 Å². The van der Waals surface area contributed by atoms with Gasteiger partial charge in [0.15, 0.2) is 13.0 Å². The van der Waals surface area contributed by atoms with Crippen LogP contribution >= 0.6 is 0 Å². The first kappa shape index (κ1) is 24.5. The van der Waals surface area contributed by atoms with E-state index in [0.29, 0.717) is 48.3 Å². The zero-order chi connectivity index (χ0) is 23.0. The Labute approximate surface area is 185 Å². The number of amides is 1. The van der Waals surface area contributed by atoms with Gasteiger partial charge in [0, 0.05) is 43.5 Å². The minimum atomic E-state index is -1.53. The molecule has 2 atom stereocenters. The number of hydrogen-bond donors (Lipinski definition) is 1. The first-order chi connectivity index (χ1) is 14.6. The lowest BCUT2D eigenvalue weighted by molar-refractivity contribution is -0.131. The van der Waals surface area contributed by atoms with Crippen LogP contribution in [-0.4, -0.2) is 70.8 Å². The number of nitrogens with zero attached hydrogens (tertiary/aromatic N) is 2. The van der Waals surface area contributed by atoms with Crippen LogP contribution in [-0.2, 0) is 25.3 Å². The molecule has 1 saturated heterocycles. The van der Waals surface area contributed by atoms with Crippen LogP contribution in [0.4, 0.5) is 4.79 Å². The number of benzene rings is 1.